The Balaban J connectivity index is 1.39. The summed E-state index contributed by atoms with van der Waals surface area (Å²) in [4.78, 5) is 37.8. The standard InChI is InChI=1S/C20H18N2O5/c23-18-14-8-4-5-9-15(14)19(24)22(18)10-17-16(21-20(25)27-17)12-26-11-13-6-2-1-3-7-13/h1-9,16-17H,10-12H2,(H,21,25)/t16-,17-/m0/s1. The van der Waals surface area contributed by atoms with Gasteiger partial charge in [0.05, 0.1) is 36.9 Å². The second-order valence-corrected chi connectivity index (χ2v) is 6.46. The zero-order valence-corrected chi connectivity index (χ0v) is 14.5. The number of ether oxygens (including phenoxy) is 2. The van der Waals surface area contributed by atoms with Crippen molar-refractivity contribution in [3.63, 3.8) is 0 Å². The van der Waals surface area contributed by atoms with Gasteiger partial charge in [-0.05, 0) is 17.7 Å². The van der Waals surface area contributed by atoms with Crippen LogP contribution in [-0.2, 0) is 16.1 Å². The molecule has 7 heteroatoms. The summed E-state index contributed by atoms with van der Waals surface area (Å²) in [5.41, 5.74) is 1.76. The van der Waals surface area contributed by atoms with E-state index < -0.39 is 18.2 Å². The van der Waals surface area contributed by atoms with E-state index in [4.69, 9.17) is 9.47 Å². The molecule has 0 aromatic heterocycles. The van der Waals surface area contributed by atoms with Crippen molar-refractivity contribution in [2.45, 2.75) is 18.8 Å². The highest BCUT2D eigenvalue weighted by molar-refractivity contribution is 6.21. The second-order valence-electron chi connectivity index (χ2n) is 6.46. The molecule has 4 rings (SSSR count). The quantitative estimate of drug-likeness (QED) is 0.790. The zero-order valence-electron chi connectivity index (χ0n) is 14.5. The van der Waals surface area contributed by atoms with Crippen LogP contribution in [0.3, 0.4) is 0 Å². The summed E-state index contributed by atoms with van der Waals surface area (Å²) in [5.74, 6) is -0.745. The van der Waals surface area contributed by atoms with Crippen LogP contribution < -0.4 is 5.32 Å². The Kier molecular flexibility index (Phi) is 4.60. The minimum Gasteiger partial charge on any atom is -0.442 e. The molecule has 3 amide bonds. The van der Waals surface area contributed by atoms with Gasteiger partial charge in [0.25, 0.3) is 11.8 Å². The third-order valence-electron chi connectivity index (χ3n) is 4.66. The molecule has 2 atom stereocenters. The van der Waals surface area contributed by atoms with Crippen LogP contribution in [-0.4, -0.2) is 48.1 Å². The lowest BCUT2D eigenvalue weighted by atomic mass is 10.1. The number of hydrogen-bond donors (Lipinski definition) is 1. The largest absolute Gasteiger partial charge is 0.442 e. The molecular formula is C20H18N2O5. The van der Waals surface area contributed by atoms with Crippen LogP contribution >= 0.6 is 0 Å². The second kappa shape index (κ2) is 7.20. The lowest BCUT2D eigenvalue weighted by Gasteiger charge is -2.22. The van der Waals surface area contributed by atoms with Crippen molar-refractivity contribution in [3.8, 4) is 0 Å². The van der Waals surface area contributed by atoms with Crippen molar-refractivity contribution in [3.05, 3.63) is 71.3 Å². The van der Waals surface area contributed by atoms with E-state index in [1.165, 1.54) is 0 Å². The molecule has 1 fully saturated rings. The van der Waals surface area contributed by atoms with Crippen molar-refractivity contribution >= 4 is 17.9 Å². The van der Waals surface area contributed by atoms with Crippen molar-refractivity contribution in [1.29, 1.82) is 0 Å². The van der Waals surface area contributed by atoms with E-state index in [1.807, 2.05) is 30.3 Å². The number of rotatable bonds is 6. The molecule has 1 N–H and O–H groups in total. The molecule has 2 aromatic carbocycles. The first-order valence-electron chi connectivity index (χ1n) is 8.67. The van der Waals surface area contributed by atoms with Crippen molar-refractivity contribution in [1.82, 2.24) is 10.2 Å². The summed E-state index contributed by atoms with van der Waals surface area (Å²) in [6, 6.07) is 15.9. The average Bonchev–Trinajstić information content (AvgIpc) is 3.15. The Morgan fingerprint density at radius 2 is 1.56 bits per heavy atom. The van der Waals surface area contributed by atoms with Gasteiger partial charge in [-0.2, -0.15) is 0 Å². The van der Waals surface area contributed by atoms with Gasteiger partial charge in [0, 0.05) is 0 Å². The maximum atomic E-state index is 12.5. The molecule has 2 heterocycles. The van der Waals surface area contributed by atoms with Crippen LogP contribution in [0.4, 0.5) is 4.79 Å². The number of nitrogens with one attached hydrogen (secondary N) is 1. The smallest absolute Gasteiger partial charge is 0.407 e. The molecule has 27 heavy (non-hydrogen) atoms. The Morgan fingerprint density at radius 3 is 2.22 bits per heavy atom. The lowest BCUT2D eigenvalue weighted by Crippen LogP contribution is -2.44. The Hall–Kier alpha value is -3.19. The molecule has 0 spiro atoms. The van der Waals surface area contributed by atoms with Crippen molar-refractivity contribution in [2.24, 2.45) is 0 Å². The molecule has 0 bridgehead atoms. The van der Waals surface area contributed by atoms with Crippen molar-refractivity contribution in [2.75, 3.05) is 13.2 Å². The molecule has 0 aliphatic carbocycles. The topological polar surface area (TPSA) is 84.9 Å². The van der Waals surface area contributed by atoms with Gasteiger partial charge in [-0.25, -0.2) is 4.79 Å². The fraction of sp³-hybridized carbons (Fsp3) is 0.250. The number of benzene rings is 2. The summed E-state index contributed by atoms with van der Waals surface area (Å²) >= 11 is 0. The number of carbonyl (C=O) groups is 3. The number of amides is 3. The van der Waals surface area contributed by atoms with Gasteiger partial charge in [0.1, 0.15) is 6.10 Å². The number of cyclic esters (lactones) is 1. The van der Waals surface area contributed by atoms with E-state index in [0.717, 1.165) is 10.5 Å². The van der Waals surface area contributed by atoms with E-state index in [2.05, 4.69) is 5.32 Å². The summed E-state index contributed by atoms with van der Waals surface area (Å²) in [5, 5.41) is 2.68. The molecule has 2 aromatic rings. The highest BCUT2D eigenvalue weighted by Gasteiger charge is 2.42. The third kappa shape index (κ3) is 3.41. The van der Waals surface area contributed by atoms with Gasteiger partial charge >= 0.3 is 6.09 Å². The predicted molar refractivity (Wildman–Crippen MR) is 95.1 cm³/mol. The van der Waals surface area contributed by atoms with Crippen LogP contribution in [0.2, 0.25) is 0 Å². The maximum absolute atomic E-state index is 12.5. The van der Waals surface area contributed by atoms with E-state index in [1.54, 1.807) is 24.3 Å². The Bertz CT molecular complexity index is 848. The fourth-order valence-electron chi connectivity index (χ4n) is 3.27. The highest BCUT2D eigenvalue weighted by Crippen LogP contribution is 2.24. The van der Waals surface area contributed by atoms with Crippen LogP contribution in [0.1, 0.15) is 26.3 Å². The van der Waals surface area contributed by atoms with Crippen LogP contribution in [0, 0.1) is 0 Å². The average molecular weight is 366 g/mol. The fourth-order valence-corrected chi connectivity index (χ4v) is 3.27. The van der Waals surface area contributed by atoms with Gasteiger partial charge in [-0.3, -0.25) is 14.5 Å². The minimum atomic E-state index is -0.657. The molecule has 2 aliphatic rings. The van der Waals surface area contributed by atoms with Gasteiger partial charge in [-0.1, -0.05) is 42.5 Å². The first kappa shape index (κ1) is 17.2. The maximum Gasteiger partial charge on any atom is 0.407 e. The molecule has 0 unspecified atom stereocenters. The van der Waals surface area contributed by atoms with Gasteiger partial charge in [-0.15, -0.1) is 0 Å². The van der Waals surface area contributed by atoms with E-state index >= 15 is 0 Å². The first-order chi connectivity index (χ1) is 13.1. The number of fused-ring (bicyclic) bond motifs is 1. The van der Waals surface area contributed by atoms with E-state index in [0.29, 0.717) is 17.7 Å². The highest BCUT2D eigenvalue weighted by atomic mass is 16.6. The van der Waals surface area contributed by atoms with Crippen LogP contribution in [0.15, 0.2) is 54.6 Å². The third-order valence-corrected chi connectivity index (χ3v) is 4.66. The monoisotopic (exact) mass is 366 g/mol. The molecule has 2 aliphatic heterocycles. The molecular weight excluding hydrogens is 348 g/mol. The van der Waals surface area contributed by atoms with Gasteiger partial charge in [0.2, 0.25) is 0 Å². The molecule has 0 radical (unpaired) electrons. The minimum absolute atomic E-state index is 0.00947. The molecule has 1 saturated heterocycles. The van der Waals surface area contributed by atoms with Gasteiger partial charge < -0.3 is 14.8 Å². The summed E-state index contributed by atoms with van der Waals surface area (Å²) in [7, 11) is 0. The summed E-state index contributed by atoms with van der Waals surface area (Å²) in [6.45, 7) is 0.603. The SMILES string of the molecule is O=C1N[C@@H](COCc2ccccc2)[C@H](CN2C(=O)c3ccccc3C2=O)O1. The predicted octanol–water partition coefficient (Wildman–Crippen LogP) is 1.98. The molecule has 138 valence electrons. The number of carbonyl (C=O) groups excluding carboxylic acids is 3. The first-order valence-corrected chi connectivity index (χ1v) is 8.67. The van der Waals surface area contributed by atoms with E-state index in [-0.39, 0.29) is 25.0 Å². The molecule has 0 saturated carbocycles. The van der Waals surface area contributed by atoms with Crippen molar-refractivity contribution < 1.29 is 23.9 Å². The normalized spacial score (nSPS) is 21.2. The number of nitrogens with zero attached hydrogens (tertiary/aromatic N) is 1. The zero-order chi connectivity index (χ0) is 18.8. The van der Waals surface area contributed by atoms with Gasteiger partial charge in [0.15, 0.2) is 0 Å². The summed E-state index contributed by atoms with van der Waals surface area (Å²) in [6.07, 6.45) is -1.24. The number of alkyl carbamates (subject to hydrolysis) is 1. The van der Waals surface area contributed by atoms with Crippen LogP contribution in [0.25, 0.3) is 0 Å². The Labute approximate surface area is 155 Å². The number of hydrogen-bond acceptors (Lipinski definition) is 5. The summed E-state index contributed by atoms with van der Waals surface area (Å²) < 4.78 is 10.9. The van der Waals surface area contributed by atoms with Crippen LogP contribution in [0.5, 0.6) is 0 Å². The Morgan fingerprint density at radius 1 is 0.926 bits per heavy atom. The van der Waals surface area contributed by atoms with E-state index in [9.17, 15) is 14.4 Å². The number of imide groups is 1. The lowest BCUT2D eigenvalue weighted by molar-refractivity contribution is 0.0426. The molecule has 7 nitrogen and oxygen atoms in total.